The molecule has 1 atom stereocenters. The average molecular weight is 469 g/mol. The van der Waals surface area contributed by atoms with Crippen LogP contribution in [-0.2, 0) is 20.7 Å². The molecule has 0 saturated heterocycles. The van der Waals surface area contributed by atoms with Gasteiger partial charge in [0.2, 0.25) is 11.8 Å². The number of ether oxygens (including phenoxy) is 1. The van der Waals surface area contributed by atoms with E-state index in [1.165, 1.54) is 16.0 Å². The Labute approximate surface area is 201 Å². The lowest BCUT2D eigenvalue weighted by molar-refractivity contribution is -0.144. The second kappa shape index (κ2) is 11.3. The van der Waals surface area contributed by atoms with E-state index >= 15 is 0 Å². The van der Waals surface area contributed by atoms with Gasteiger partial charge in [0.05, 0.1) is 12.6 Å². The molecule has 1 fully saturated rings. The molecular weight excluding hydrogens is 432 g/mol. The number of carbonyl (C=O) groups is 2. The lowest BCUT2D eigenvalue weighted by Crippen LogP contribution is -2.48. The van der Waals surface area contributed by atoms with Gasteiger partial charge in [0, 0.05) is 37.1 Å². The fourth-order valence-electron chi connectivity index (χ4n) is 5.15. The third-order valence-electron chi connectivity index (χ3n) is 6.94. The van der Waals surface area contributed by atoms with Crippen molar-refractivity contribution in [2.45, 2.75) is 58.4 Å². The molecule has 5 nitrogen and oxygen atoms in total. The summed E-state index contributed by atoms with van der Waals surface area (Å²) in [5.41, 5.74) is 3.58. The highest BCUT2D eigenvalue weighted by Gasteiger charge is 2.35. The van der Waals surface area contributed by atoms with Crippen molar-refractivity contribution < 1.29 is 14.3 Å². The van der Waals surface area contributed by atoms with Crippen LogP contribution in [0.2, 0.25) is 0 Å². The van der Waals surface area contributed by atoms with Crippen LogP contribution in [0.3, 0.4) is 0 Å². The van der Waals surface area contributed by atoms with Crippen LogP contribution in [-0.4, -0.2) is 54.5 Å². The predicted molar refractivity (Wildman–Crippen MR) is 132 cm³/mol. The van der Waals surface area contributed by atoms with E-state index in [0.717, 1.165) is 44.1 Å². The zero-order valence-electron chi connectivity index (χ0n) is 19.9. The van der Waals surface area contributed by atoms with Gasteiger partial charge in [0.1, 0.15) is 0 Å². The molecule has 1 aliphatic carbocycles. The normalized spacial score (nSPS) is 18.4. The molecule has 2 amide bonds. The molecular formula is C27H36N2O3S. The molecule has 2 aromatic rings. The van der Waals surface area contributed by atoms with Gasteiger partial charge in [-0.15, -0.1) is 11.3 Å². The molecule has 1 unspecified atom stereocenters. The topological polar surface area (TPSA) is 49.9 Å². The Hall–Kier alpha value is -2.18. The summed E-state index contributed by atoms with van der Waals surface area (Å²) in [6.45, 7) is 6.77. The fraction of sp³-hybridized carbons (Fsp3) is 0.556. The van der Waals surface area contributed by atoms with Gasteiger partial charge in [0.25, 0.3) is 0 Å². The summed E-state index contributed by atoms with van der Waals surface area (Å²) in [5, 5.41) is 2.13. The SMILES string of the molecule is CCOCCCN(CC(=O)N1CCc2sccc2C1c1ccc(C)cc1)C(=O)C1CCCC1. The van der Waals surface area contributed by atoms with Crippen LogP contribution in [0.4, 0.5) is 0 Å². The van der Waals surface area contributed by atoms with Crippen molar-refractivity contribution in [3.8, 4) is 0 Å². The van der Waals surface area contributed by atoms with E-state index in [0.29, 0.717) is 26.3 Å². The summed E-state index contributed by atoms with van der Waals surface area (Å²) in [5.74, 6) is 0.264. The van der Waals surface area contributed by atoms with Crippen molar-refractivity contribution in [1.29, 1.82) is 0 Å². The average Bonchev–Trinajstić information content (AvgIpc) is 3.53. The molecule has 2 heterocycles. The Morgan fingerprint density at radius 3 is 2.64 bits per heavy atom. The minimum Gasteiger partial charge on any atom is -0.382 e. The molecule has 1 aromatic heterocycles. The Morgan fingerprint density at radius 2 is 1.91 bits per heavy atom. The quantitative estimate of drug-likeness (QED) is 0.488. The number of hydrogen-bond donors (Lipinski definition) is 0. The number of rotatable bonds is 9. The molecule has 0 spiro atoms. The van der Waals surface area contributed by atoms with E-state index in [4.69, 9.17) is 4.74 Å². The minimum atomic E-state index is -0.0834. The summed E-state index contributed by atoms with van der Waals surface area (Å²) < 4.78 is 5.49. The number of fused-ring (bicyclic) bond motifs is 1. The van der Waals surface area contributed by atoms with Crippen molar-refractivity contribution >= 4 is 23.2 Å². The van der Waals surface area contributed by atoms with Gasteiger partial charge < -0.3 is 14.5 Å². The monoisotopic (exact) mass is 468 g/mol. The zero-order valence-corrected chi connectivity index (χ0v) is 20.7. The first-order chi connectivity index (χ1) is 16.1. The molecule has 6 heteroatoms. The van der Waals surface area contributed by atoms with Crippen molar-refractivity contribution in [3.05, 3.63) is 57.3 Å². The van der Waals surface area contributed by atoms with Crippen molar-refractivity contribution in [1.82, 2.24) is 9.80 Å². The number of carbonyl (C=O) groups excluding carboxylic acids is 2. The molecule has 0 N–H and O–H groups in total. The van der Waals surface area contributed by atoms with Gasteiger partial charge in [-0.3, -0.25) is 9.59 Å². The van der Waals surface area contributed by atoms with Crippen LogP contribution >= 0.6 is 11.3 Å². The Balaban J connectivity index is 1.53. The minimum absolute atomic E-state index is 0.0418. The van der Waals surface area contributed by atoms with E-state index < -0.39 is 0 Å². The first kappa shape index (κ1) is 24.0. The van der Waals surface area contributed by atoms with Crippen molar-refractivity contribution in [3.63, 3.8) is 0 Å². The Bertz CT molecular complexity index is 933. The third kappa shape index (κ3) is 5.67. The van der Waals surface area contributed by atoms with Crippen LogP contribution in [0, 0.1) is 12.8 Å². The first-order valence-electron chi connectivity index (χ1n) is 12.4. The van der Waals surface area contributed by atoms with Crippen molar-refractivity contribution in [2.24, 2.45) is 5.92 Å². The van der Waals surface area contributed by atoms with E-state index in [9.17, 15) is 9.59 Å². The Morgan fingerprint density at radius 1 is 1.15 bits per heavy atom. The number of nitrogens with zero attached hydrogens (tertiary/aromatic N) is 2. The number of benzene rings is 1. The second-order valence-electron chi connectivity index (χ2n) is 9.24. The van der Waals surface area contributed by atoms with E-state index in [1.54, 1.807) is 11.3 Å². The van der Waals surface area contributed by atoms with Crippen LogP contribution in [0.1, 0.15) is 66.6 Å². The maximum Gasteiger partial charge on any atom is 0.242 e. The van der Waals surface area contributed by atoms with Gasteiger partial charge in [-0.05, 0) is 62.1 Å². The van der Waals surface area contributed by atoms with Crippen LogP contribution < -0.4 is 0 Å². The molecule has 0 radical (unpaired) electrons. The van der Waals surface area contributed by atoms with Gasteiger partial charge in [-0.2, -0.15) is 0 Å². The number of amides is 2. The summed E-state index contributed by atoms with van der Waals surface area (Å²) in [4.78, 5) is 32.2. The van der Waals surface area contributed by atoms with Gasteiger partial charge >= 0.3 is 0 Å². The molecule has 4 rings (SSSR count). The summed E-state index contributed by atoms with van der Waals surface area (Å²) in [6.07, 6.45) is 5.75. The smallest absolute Gasteiger partial charge is 0.242 e. The molecule has 1 aromatic carbocycles. The largest absolute Gasteiger partial charge is 0.382 e. The highest BCUT2D eigenvalue weighted by molar-refractivity contribution is 7.10. The van der Waals surface area contributed by atoms with Crippen LogP contribution in [0.5, 0.6) is 0 Å². The molecule has 178 valence electrons. The standard InChI is InChI=1S/C27H36N2O3S/c1-3-32-17-6-15-28(27(31)22-7-4-5-8-22)19-25(30)29-16-13-24-23(14-18-33-24)26(29)21-11-9-20(2)10-12-21/h9-12,14,18,22,26H,3-8,13,15-17,19H2,1-2H3. The van der Waals surface area contributed by atoms with E-state index in [1.807, 2.05) is 16.7 Å². The number of aryl methyl sites for hydroxylation is 1. The fourth-order valence-corrected chi connectivity index (χ4v) is 6.05. The second-order valence-corrected chi connectivity index (χ2v) is 10.2. The summed E-state index contributed by atoms with van der Waals surface area (Å²) in [7, 11) is 0. The lowest BCUT2D eigenvalue weighted by Gasteiger charge is -2.38. The zero-order chi connectivity index (χ0) is 23.2. The number of hydrogen-bond acceptors (Lipinski definition) is 4. The van der Waals surface area contributed by atoms with Gasteiger partial charge in [-0.25, -0.2) is 0 Å². The van der Waals surface area contributed by atoms with Gasteiger partial charge in [-0.1, -0.05) is 42.7 Å². The van der Waals surface area contributed by atoms with Crippen molar-refractivity contribution in [2.75, 3.05) is 32.8 Å². The summed E-state index contributed by atoms with van der Waals surface area (Å²) in [6, 6.07) is 10.6. The molecule has 0 bridgehead atoms. The summed E-state index contributed by atoms with van der Waals surface area (Å²) >= 11 is 1.78. The van der Waals surface area contributed by atoms with Crippen LogP contribution in [0.15, 0.2) is 35.7 Å². The first-order valence-corrected chi connectivity index (χ1v) is 13.2. The third-order valence-corrected chi connectivity index (χ3v) is 7.94. The van der Waals surface area contributed by atoms with Gasteiger partial charge in [0.15, 0.2) is 0 Å². The van der Waals surface area contributed by atoms with Crippen LogP contribution in [0.25, 0.3) is 0 Å². The lowest BCUT2D eigenvalue weighted by atomic mass is 9.92. The maximum atomic E-state index is 13.7. The van der Waals surface area contributed by atoms with E-state index in [-0.39, 0.29) is 30.3 Å². The highest BCUT2D eigenvalue weighted by atomic mass is 32.1. The highest BCUT2D eigenvalue weighted by Crippen LogP contribution is 2.38. The molecule has 1 aliphatic heterocycles. The Kier molecular flexibility index (Phi) is 8.20. The molecule has 1 saturated carbocycles. The molecule has 2 aliphatic rings. The predicted octanol–water partition coefficient (Wildman–Crippen LogP) is 4.98. The van der Waals surface area contributed by atoms with E-state index in [2.05, 4.69) is 42.6 Å². The maximum absolute atomic E-state index is 13.7. The number of thiophene rings is 1. The molecule has 33 heavy (non-hydrogen) atoms.